The van der Waals surface area contributed by atoms with E-state index in [1.54, 1.807) is 6.07 Å². The van der Waals surface area contributed by atoms with Crippen molar-refractivity contribution in [3.8, 4) is 5.75 Å². The summed E-state index contributed by atoms with van der Waals surface area (Å²) in [7, 11) is 0. The molecular weight excluding hydrogens is 176 g/mol. The molecule has 0 fully saturated rings. The average molecular weight is 186 g/mol. The fraction of sp³-hybridized carbons (Fsp3) is 0.0833. The predicted molar refractivity (Wildman–Crippen MR) is 55.7 cm³/mol. The molecular formula is C12H10O2. The highest BCUT2D eigenvalue weighted by Gasteiger charge is 2.07. The Morgan fingerprint density at radius 1 is 1.29 bits per heavy atom. The Labute approximate surface area is 81.8 Å². The largest absolute Gasteiger partial charge is 0.507 e. The quantitative estimate of drug-likeness (QED) is 0.695. The lowest BCUT2D eigenvalue weighted by atomic mass is 10.0. The molecule has 0 radical (unpaired) electrons. The molecule has 0 aliphatic rings. The average Bonchev–Trinajstić information content (AvgIpc) is 2.23. The number of phenols is 1. The van der Waals surface area contributed by atoms with Crippen LogP contribution in [0.15, 0.2) is 30.3 Å². The maximum absolute atomic E-state index is 10.7. The Morgan fingerprint density at radius 3 is 2.71 bits per heavy atom. The molecule has 2 rings (SSSR count). The summed E-state index contributed by atoms with van der Waals surface area (Å²) in [6.07, 6.45) is 0.675. The molecule has 0 atom stereocenters. The van der Waals surface area contributed by atoms with Crippen molar-refractivity contribution >= 4 is 17.1 Å². The van der Waals surface area contributed by atoms with Crippen molar-refractivity contribution < 1.29 is 9.90 Å². The van der Waals surface area contributed by atoms with Gasteiger partial charge in [-0.05, 0) is 29.3 Å². The molecule has 0 amide bonds. The van der Waals surface area contributed by atoms with Crippen LogP contribution in [-0.2, 0) is 0 Å². The summed E-state index contributed by atoms with van der Waals surface area (Å²) in [5.74, 6) is 0.0821. The van der Waals surface area contributed by atoms with E-state index in [9.17, 15) is 9.90 Å². The Hall–Kier alpha value is -1.83. The number of rotatable bonds is 1. The summed E-state index contributed by atoms with van der Waals surface area (Å²) in [6.45, 7) is 1.81. The topological polar surface area (TPSA) is 37.3 Å². The molecule has 0 spiro atoms. The van der Waals surface area contributed by atoms with Gasteiger partial charge in [-0.1, -0.05) is 24.3 Å². The number of aldehydes is 1. The standard InChI is InChI=1S/C12H10O2/c1-8-11-5-3-2-4-9(11)6-10(7-13)12(8)14/h2-7,14H,1H3. The molecule has 0 bridgehead atoms. The second-order valence-corrected chi connectivity index (χ2v) is 3.28. The number of fused-ring (bicyclic) bond motifs is 1. The highest BCUT2D eigenvalue weighted by molar-refractivity contribution is 5.94. The molecule has 0 saturated carbocycles. The van der Waals surface area contributed by atoms with Crippen LogP contribution in [0.5, 0.6) is 5.75 Å². The molecule has 0 aliphatic carbocycles. The van der Waals surface area contributed by atoms with Crippen molar-refractivity contribution in [3.63, 3.8) is 0 Å². The first-order chi connectivity index (χ1) is 6.74. The van der Waals surface area contributed by atoms with Gasteiger partial charge in [0.2, 0.25) is 0 Å². The van der Waals surface area contributed by atoms with Gasteiger partial charge in [0.25, 0.3) is 0 Å². The molecule has 2 aromatic carbocycles. The Balaban J connectivity index is 2.91. The van der Waals surface area contributed by atoms with E-state index < -0.39 is 0 Å². The number of carbonyl (C=O) groups is 1. The first-order valence-electron chi connectivity index (χ1n) is 4.40. The normalized spacial score (nSPS) is 10.4. The van der Waals surface area contributed by atoms with E-state index >= 15 is 0 Å². The van der Waals surface area contributed by atoms with Crippen molar-refractivity contribution in [3.05, 3.63) is 41.5 Å². The molecule has 0 unspecified atom stereocenters. The minimum absolute atomic E-state index is 0.0821. The third-order valence-electron chi connectivity index (χ3n) is 2.43. The van der Waals surface area contributed by atoms with Crippen LogP contribution in [0, 0.1) is 6.92 Å². The van der Waals surface area contributed by atoms with Crippen LogP contribution < -0.4 is 0 Å². The van der Waals surface area contributed by atoms with Crippen LogP contribution in [0.3, 0.4) is 0 Å². The minimum Gasteiger partial charge on any atom is -0.507 e. The molecule has 70 valence electrons. The van der Waals surface area contributed by atoms with Gasteiger partial charge < -0.3 is 5.11 Å². The molecule has 2 nitrogen and oxygen atoms in total. The van der Waals surface area contributed by atoms with Crippen molar-refractivity contribution in [1.29, 1.82) is 0 Å². The van der Waals surface area contributed by atoms with E-state index in [1.807, 2.05) is 31.2 Å². The van der Waals surface area contributed by atoms with Gasteiger partial charge in [-0.25, -0.2) is 0 Å². The monoisotopic (exact) mass is 186 g/mol. The zero-order valence-electron chi connectivity index (χ0n) is 7.82. The van der Waals surface area contributed by atoms with Gasteiger partial charge in [0.1, 0.15) is 5.75 Å². The number of phenolic OH excluding ortho intramolecular Hbond substituents is 1. The van der Waals surface area contributed by atoms with E-state index in [0.29, 0.717) is 11.8 Å². The zero-order chi connectivity index (χ0) is 10.1. The van der Waals surface area contributed by atoms with Crippen molar-refractivity contribution in [2.45, 2.75) is 6.92 Å². The van der Waals surface area contributed by atoms with E-state index in [1.165, 1.54) is 0 Å². The van der Waals surface area contributed by atoms with Gasteiger partial charge in [-0.15, -0.1) is 0 Å². The predicted octanol–water partition coefficient (Wildman–Crippen LogP) is 2.67. The molecule has 0 heterocycles. The van der Waals surface area contributed by atoms with Gasteiger partial charge in [0, 0.05) is 0 Å². The van der Waals surface area contributed by atoms with Crippen molar-refractivity contribution in [1.82, 2.24) is 0 Å². The van der Waals surface area contributed by atoms with Crippen molar-refractivity contribution in [2.24, 2.45) is 0 Å². The summed E-state index contributed by atoms with van der Waals surface area (Å²) in [6, 6.07) is 9.38. The lowest BCUT2D eigenvalue weighted by Gasteiger charge is -2.06. The third-order valence-corrected chi connectivity index (χ3v) is 2.43. The number of aryl methyl sites for hydroxylation is 1. The third kappa shape index (κ3) is 1.16. The number of hydrogen-bond acceptors (Lipinski definition) is 2. The van der Waals surface area contributed by atoms with Gasteiger partial charge >= 0.3 is 0 Å². The number of aromatic hydroxyl groups is 1. The molecule has 1 N–H and O–H groups in total. The van der Waals surface area contributed by atoms with E-state index in [-0.39, 0.29) is 5.75 Å². The Bertz CT molecular complexity index is 501. The molecule has 0 saturated heterocycles. The number of hydrogen-bond donors (Lipinski definition) is 1. The molecule has 14 heavy (non-hydrogen) atoms. The number of benzene rings is 2. The summed E-state index contributed by atoms with van der Waals surface area (Å²) in [5.41, 5.74) is 1.10. The zero-order valence-corrected chi connectivity index (χ0v) is 7.82. The van der Waals surface area contributed by atoms with Gasteiger partial charge in [-0.3, -0.25) is 4.79 Å². The lowest BCUT2D eigenvalue weighted by molar-refractivity contribution is 0.112. The molecule has 0 aliphatic heterocycles. The summed E-state index contributed by atoms with van der Waals surface area (Å²) >= 11 is 0. The van der Waals surface area contributed by atoms with E-state index in [4.69, 9.17) is 0 Å². The van der Waals surface area contributed by atoms with Crippen molar-refractivity contribution in [2.75, 3.05) is 0 Å². The summed E-state index contributed by atoms with van der Waals surface area (Å²) in [4.78, 5) is 10.7. The second kappa shape index (κ2) is 3.14. The Morgan fingerprint density at radius 2 is 2.00 bits per heavy atom. The molecule has 0 aromatic heterocycles. The maximum atomic E-state index is 10.7. The molecule has 2 heteroatoms. The minimum atomic E-state index is 0.0821. The first-order valence-corrected chi connectivity index (χ1v) is 4.40. The van der Waals surface area contributed by atoms with Gasteiger partial charge in [-0.2, -0.15) is 0 Å². The highest BCUT2D eigenvalue weighted by Crippen LogP contribution is 2.29. The van der Waals surface area contributed by atoms with Gasteiger partial charge in [0.15, 0.2) is 6.29 Å². The summed E-state index contributed by atoms with van der Waals surface area (Å²) in [5, 5.41) is 11.6. The fourth-order valence-corrected chi connectivity index (χ4v) is 1.63. The fourth-order valence-electron chi connectivity index (χ4n) is 1.63. The van der Waals surface area contributed by atoms with Gasteiger partial charge in [0.05, 0.1) is 5.56 Å². The smallest absolute Gasteiger partial charge is 0.153 e. The Kier molecular flexibility index (Phi) is 1.97. The summed E-state index contributed by atoms with van der Waals surface area (Å²) < 4.78 is 0. The van der Waals surface area contributed by atoms with E-state index in [2.05, 4.69) is 0 Å². The van der Waals surface area contributed by atoms with Crippen LogP contribution in [-0.4, -0.2) is 11.4 Å². The first kappa shape index (κ1) is 8.75. The maximum Gasteiger partial charge on any atom is 0.153 e. The van der Waals surface area contributed by atoms with Crippen LogP contribution in [0.25, 0.3) is 10.8 Å². The van der Waals surface area contributed by atoms with E-state index in [0.717, 1.165) is 16.3 Å². The van der Waals surface area contributed by atoms with Crippen LogP contribution in [0.2, 0.25) is 0 Å². The number of carbonyl (C=O) groups excluding carboxylic acids is 1. The van der Waals surface area contributed by atoms with Crippen LogP contribution in [0.1, 0.15) is 15.9 Å². The highest BCUT2D eigenvalue weighted by atomic mass is 16.3. The SMILES string of the molecule is Cc1c(O)c(C=O)cc2ccccc12. The molecule has 2 aromatic rings. The van der Waals surface area contributed by atoms with Crippen LogP contribution >= 0.6 is 0 Å². The van der Waals surface area contributed by atoms with Crippen LogP contribution in [0.4, 0.5) is 0 Å². The lowest BCUT2D eigenvalue weighted by Crippen LogP contribution is -1.87. The second-order valence-electron chi connectivity index (χ2n) is 3.28.